The van der Waals surface area contributed by atoms with Crippen LogP contribution in [0.3, 0.4) is 0 Å². The lowest BCUT2D eigenvalue weighted by Gasteiger charge is -2.16. The second kappa shape index (κ2) is 4.38. The molecule has 1 aromatic rings. The molecule has 0 spiro atoms. The third-order valence-electron chi connectivity index (χ3n) is 2.67. The Labute approximate surface area is 109 Å². The molecule has 1 aliphatic rings. The molecule has 1 aliphatic heterocycles. The zero-order chi connectivity index (χ0) is 12.6. The molecule has 1 amide bonds. The summed E-state index contributed by atoms with van der Waals surface area (Å²) in [6, 6.07) is 3.37. The fourth-order valence-electron chi connectivity index (χ4n) is 1.71. The number of carbonyl (C=O) groups is 2. The van der Waals surface area contributed by atoms with Gasteiger partial charge in [0.15, 0.2) is 0 Å². The molecule has 4 nitrogen and oxygen atoms in total. The number of hydrogen-bond donors (Lipinski definition) is 1. The molecule has 1 unspecified atom stereocenters. The van der Waals surface area contributed by atoms with Gasteiger partial charge in [-0.3, -0.25) is 4.79 Å². The van der Waals surface area contributed by atoms with Crippen LogP contribution in [0.25, 0.3) is 0 Å². The van der Waals surface area contributed by atoms with Gasteiger partial charge in [0, 0.05) is 13.0 Å². The Morgan fingerprint density at radius 3 is 2.71 bits per heavy atom. The van der Waals surface area contributed by atoms with E-state index in [2.05, 4.69) is 15.9 Å². The lowest BCUT2D eigenvalue weighted by atomic mass is 10.1. The number of hydrogen-bond acceptors (Lipinski definition) is 3. The maximum atomic E-state index is 13.8. The summed E-state index contributed by atoms with van der Waals surface area (Å²) in [7, 11) is 0. The van der Waals surface area contributed by atoms with Crippen molar-refractivity contribution < 1.29 is 19.1 Å². The predicted octanol–water partition coefficient (Wildman–Crippen LogP) is 2.15. The van der Waals surface area contributed by atoms with Crippen molar-refractivity contribution in [1.29, 1.82) is 0 Å². The minimum Gasteiger partial charge on any atom is -0.479 e. The van der Waals surface area contributed by atoms with Crippen molar-refractivity contribution in [2.24, 2.45) is 0 Å². The average molecular weight is 322 g/mol. The van der Waals surface area contributed by atoms with Crippen LogP contribution in [-0.2, 0) is 4.79 Å². The molecule has 0 aromatic carbocycles. The number of alkyl halides is 1. The van der Waals surface area contributed by atoms with Gasteiger partial charge < -0.3 is 10.0 Å². The maximum absolute atomic E-state index is 13.8. The number of halogens is 2. The number of aliphatic carboxylic acids is 1. The molecular formula is C10H9BrFNO3S. The fraction of sp³-hybridized carbons (Fsp3) is 0.400. The Hall–Kier alpha value is -0.950. The molecular weight excluding hydrogens is 313 g/mol. The summed E-state index contributed by atoms with van der Waals surface area (Å²) in [5, 5.41) is 8.73. The standard InChI is InChI=1S/C10H9BrFNO3S/c11-7-2-1-6(17-7)8(14)13-4-3-10(12,5-13)9(15)16/h1-2H,3-5H2,(H,15,16). The molecule has 92 valence electrons. The fourth-order valence-corrected chi connectivity index (χ4v) is 3.06. The number of thiophene rings is 1. The summed E-state index contributed by atoms with van der Waals surface area (Å²) in [6.45, 7) is -0.242. The van der Waals surface area contributed by atoms with Gasteiger partial charge in [-0.05, 0) is 28.1 Å². The van der Waals surface area contributed by atoms with Crippen molar-refractivity contribution in [1.82, 2.24) is 4.90 Å². The van der Waals surface area contributed by atoms with Crippen LogP contribution in [0.4, 0.5) is 4.39 Å². The summed E-state index contributed by atoms with van der Waals surface area (Å²) >= 11 is 4.48. The first-order chi connectivity index (χ1) is 7.92. The van der Waals surface area contributed by atoms with Gasteiger partial charge in [0.05, 0.1) is 15.2 Å². The molecule has 2 rings (SSSR count). The van der Waals surface area contributed by atoms with Crippen LogP contribution >= 0.6 is 27.3 Å². The van der Waals surface area contributed by atoms with Gasteiger partial charge in [-0.1, -0.05) is 0 Å². The highest BCUT2D eigenvalue weighted by atomic mass is 79.9. The first-order valence-electron chi connectivity index (χ1n) is 4.89. The monoisotopic (exact) mass is 321 g/mol. The predicted molar refractivity (Wildman–Crippen MR) is 64.0 cm³/mol. The average Bonchev–Trinajstić information content (AvgIpc) is 2.85. The summed E-state index contributed by atoms with van der Waals surface area (Å²) in [5.41, 5.74) is -2.30. The Morgan fingerprint density at radius 2 is 2.24 bits per heavy atom. The zero-order valence-corrected chi connectivity index (χ0v) is 11.1. The number of likely N-dealkylation sites (tertiary alicyclic amines) is 1. The third kappa shape index (κ3) is 2.35. The van der Waals surface area contributed by atoms with Gasteiger partial charge in [0.2, 0.25) is 5.67 Å². The summed E-state index contributed by atoms with van der Waals surface area (Å²) in [4.78, 5) is 24.4. The van der Waals surface area contributed by atoms with E-state index < -0.39 is 11.6 Å². The summed E-state index contributed by atoms with van der Waals surface area (Å²) in [5.74, 6) is -1.82. The second-order valence-corrected chi connectivity index (χ2v) is 6.31. The van der Waals surface area contributed by atoms with Crippen LogP contribution in [0.5, 0.6) is 0 Å². The van der Waals surface area contributed by atoms with E-state index in [1.165, 1.54) is 16.2 Å². The van der Waals surface area contributed by atoms with E-state index >= 15 is 0 Å². The quantitative estimate of drug-likeness (QED) is 0.908. The van der Waals surface area contributed by atoms with Gasteiger partial charge in [0.1, 0.15) is 0 Å². The molecule has 1 saturated heterocycles. The van der Waals surface area contributed by atoms with Crippen molar-refractivity contribution in [3.8, 4) is 0 Å². The summed E-state index contributed by atoms with van der Waals surface area (Å²) < 4.78 is 14.6. The van der Waals surface area contributed by atoms with Crippen molar-refractivity contribution in [3.05, 3.63) is 20.8 Å². The normalized spacial score (nSPS) is 24.0. The minimum absolute atomic E-state index is 0.136. The van der Waals surface area contributed by atoms with E-state index in [1.807, 2.05) is 0 Å². The Bertz CT molecular complexity index is 478. The van der Waals surface area contributed by atoms with Gasteiger partial charge in [-0.15, -0.1) is 11.3 Å². The van der Waals surface area contributed by atoms with Crippen LogP contribution in [-0.4, -0.2) is 40.6 Å². The Morgan fingerprint density at radius 1 is 1.53 bits per heavy atom. The number of carboxylic acid groups (broad SMARTS) is 1. The molecule has 0 radical (unpaired) electrons. The lowest BCUT2D eigenvalue weighted by molar-refractivity contribution is -0.149. The molecule has 2 heterocycles. The smallest absolute Gasteiger partial charge is 0.343 e. The van der Waals surface area contributed by atoms with E-state index in [-0.39, 0.29) is 25.4 Å². The molecule has 17 heavy (non-hydrogen) atoms. The van der Waals surface area contributed by atoms with Crippen LogP contribution < -0.4 is 0 Å². The first-order valence-corrected chi connectivity index (χ1v) is 6.50. The van der Waals surface area contributed by atoms with E-state index in [9.17, 15) is 14.0 Å². The van der Waals surface area contributed by atoms with Crippen molar-refractivity contribution in [2.45, 2.75) is 12.1 Å². The number of nitrogens with zero attached hydrogens (tertiary/aromatic N) is 1. The number of amides is 1. The molecule has 0 saturated carbocycles. The largest absolute Gasteiger partial charge is 0.479 e. The van der Waals surface area contributed by atoms with E-state index in [0.29, 0.717) is 4.88 Å². The molecule has 1 aromatic heterocycles. The molecule has 7 heteroatoms. The van der Waals surface area contributed by atoms with E-state index in [0.717, 1.165) is 3.79 Å². The number of carboxylic acids is 1. The maximum Gasteiger partial charge on any atom is 0.343 e. The van der Waals surface area contributed by atoms with E-state index in [4.69, 9.17) is 5.11 Å². The molecule has 0 bridgehead atoms. The van der Waals surface area contributed by atoms with Crippen LogP contribution in [0.2, 0.25) is 0 Å². The Kier molecular flexibility index (Phi) is 3.22. The molecule has 1 N–H and O–H groups in total. The third-order valence-corrected chi connectivity index (χ3v) is 4.29. The van der Waals surface area contributed by atoms with Crippen LogP contribution in [0.1, 0.15) is 16.1 Å². The van der Waals surface area contributed by atoms with Crippen molar-refractivity contribution in [3.63, 3.8) is 0 Å². The summed E-state index contributed by atoms with van der Waals surface area (Å²) in [6.07, 6.45) is -0.152. The lowest BCUT2D eigenvalue weighted by Crippen LogP contribution is -2.38. The first kappa shape index (κ1) is 12.5. The van der Waals surface area contributed by atoms with Gasteiger partial charge in [-0.2, -0.15) is 0 Å². The van der Waals surface area contributed by atoms with Gasteiger partial charge >= 0.3 is 5.97 Å². The van der Waals surface area contributed by atoms with Crippen molar-refractivity contribution >= 4 is 39.1 Å². The highest BCUT2D eigenvalue weighted by molar-refractivity contribution is 9.11. The van der Waals surface area contributed by atoms with Gasteiger partial charge in [-0.25, -0.2) is 9.18 Å². The molecule has 1 atom stereocenters. The Balaban J connectivity index is 2.11. The molecule has 1 fully saturated rings. The van der Waals surface area contributed by atoms with E-state index in [1.54, 1.807) is 12.1 Å². The topological polar surface area (TPSA) is 57.6 Å². The minimum atomic E-state index is -2.30. The SMILES string of the molecule is O=C(c1ccc(Br)s1)N1CCC(F)(C(=O)O)C1. The molecule has 0 aliphatic carbocycles. The highest BCUT2D eigenvalue weighted by Gasteiger charge is 2.47. The van der Waals surface area contributed by atoms with Crippen LogP contribution in [0, 0.1) is 0 Å². The van der Waals surface area contributed by atoms with Crippen LogP contribution in [0.15, 0.2) is 15.9 Å². The zero-order valence-electron chi connectivity index (χ0n) is 8.65. The number of carbonyl (C=O) groups excluding carboxylic acids is 1. The van der Waals surface area contributed by atoms with Crippen molar-refractivity contribution in [2.75, 3.05) is 13.1 Å². The van der Waals surface area contributed by atoms with Gasteiger partial charge in [0.25, 0.3) is 5.91 Å². The second-order valence-electron chi connectivity index (χ2n) is 3.85. The highest BCUT2D eigenvalue weighted by Crippen LogP contribution is 2.29. The number of rotatable bonds is 2.